The van der Waals surface area contributed by atoms with Gasteiger partial charge in [-0.15, -0.1) is 12.4 Å². The summed E-state index contributed by atoms with van der Waals surface area (Å²) in [6.07, 6.45) is 0. The Morgan fingerprint density at radius 3 is 1.60 bits per heavy atom. The predicted octanol–water partition coefficient (Wildman–Crippen LogP) is -0.526. The van der Waals surface area contributed by atoms with Gasteiger partial charge in [-0.2, -0.15) is 0 Å². The van der Waals surface area contributed by atoms with E-state index in [2.05, 4.69) is 0 Å². The Labute approximate surface area is 58.3 Å². The monoisotopic (exact) mass is 106 g/mol. The molecular formula is CH4ClNaO2. The van der Waals surface area contributed by atoms with Crippen LogP contribution in [0.15, 0.2) is 0 Å². The number of carbonyl (C=O) groups is 1. The summed E-state index contributed by atoms with van der Waals surface area (Å²) >= 11 is 0. The first kappa shape index (κ1) is 17.1. The SMILES string of the molecule is Cl.O=CO.[NaH]. The molecule has 0 aromatic carbocycles. The molecular weight excluding hydrogens is 102 g/mol. The molecule has 1 N–H and O–H groups in total. The van der Waals surface area contributed by atoms with Crippen molar-refractivity contribution < 1.29 is 9.90 Å². The number of hydrogen-bond donors (Lipinski definition) is 1. The van der Waals surface area contributed by atoms with E-state index in [0.29, 0.717) is 0 Å². The average molecular weight is 106 g/mol. The molecule has 0 aliphatic rings. The third-order valence-electron chi connectivity index (χ3n) is 0. The van der Waals surface area contributed by atoms with Crippen LogP contribution in [0.25, 0.3) is 0 Å². The first-order chi connectivity index (χ1) is 1.41. The Morgan fingerprint density at radius 1 is 1.60 bits per heavy atom. The summed E-state index contributed by atoms with van der Waals surface area (Å²) < 4.78 is 0. The standard InChI is InChI=1S/CH2O2.ClH.Na.H/c2-1-3;;;/h1H,(H,2,3);1H;;. The minimum atomic E-state index is -0.250. The molecule has 0 amide bonds. The van der Waals surface area contributed by atoms with Crippen LogP contribution in [0.5, 0.6) is 0 Å². The topological polar surface area (TPSA) is 37.3 Å². The summed E-state index contributed by atoms with van der Waals surface area (Å²) in [4.78, 5) is 8.36. The fraction of sp³-hybridized carbons (Fsp3) is 0. The number of rotatable bonds is 0. The van der Waals surface area contributed by atoms with Crippen molar-refractivity contribution in [3.8, 4) is 0 Å². The molecule has 5 heavy (non-hydrogen) atoms. The van der Waals surface area contributed by atoms with Gasteiger partial charge in [-0.1, -0.05) is 0 Å². The molecule has 2 nitrogen and oxygen atoms in total. The van der Waals surface area contributed by atoms with Gasteiger partial charge >= 0.3 is 29.6 Å². The van der Waals surface area contributed by atoms with Crippen molar-refractivity contribution in [2.24, 2.45) is 0 Å². The van der Waals surface area contributed by atoms with E-state index in [1.54, 1.807) is 0 Å². The van der Waals surface area contributed by atoms with Gasteiger partial charge in [0.25, 0.3) is 6.47 Å². The second-order valence-corrected chi connectivity index (χ2v) is 0.105. The Bertz CT molecular complexity index is 17.1. The van der Waals surface area contributed by atoms with Gasteiger partial charge in [-0.25, -0.2) is 0 Å². The first-order valence-corrected chi connectivity index (χ1v) is 0.494. The third-order valence-corrected chi connectivity index (χ3v) is 0. The van der Waals surface area contributed by atoms with Gasteiger partial charge in [0.05, 0.1) is 0 Å². The van der Waals surface area contributed by atoms with Crippen LogP contribution in [0.1, 0.15) is 0 Å². The molecule has 0 heterocycles. The summed E-state index contributed by atoms with van der Waals surface area (Å²) in [5.74, 6) is 0. The molecule has 0 spiro atoms. The van der Waals surface area contributed by atoms with Gasteiger partial charge in [0.2, 0.25) is 0 Å². The van der Waals surface area contributed by atoms with E-state index in [-0.39, 0.29) is 48.4 Å². The summed E-state index contributed by atoms with van der Waals surface area (Å²) in [7, 11) is 0. The minimum absolute atomic E-state index is 0. The van der Waals surface area contributed by atoms with Crippen molar-refractivity contribution in [2.45, 2.75) is 0 Å². The quantitative estimate of drug-likeness (QED) is 0.333. The van der Waals surface area contributed by atoms with Crippen LogP contribution in [0.4, 0.5) is 0 Å². The van der Waals surface area contributed by atoms with Crippen LogP contribution in [0.2, 0.25) is 0 Å². The normalized spacial score (nSPS) is 2.40. The fourth-order valence-electron chi connectivity index (χ4n) is 0. The first-order valence-electron chi connectivity index (χ1n) is 0.494. The summed E-state index contributed by atoms with van der Waals surface area (Å²) in [6.45, 7) is -0.250. The van der Waals surface area contributed by atoms with Gasteiger partial charge in [0.15, 0.2) is 0 Å². The molecule has 28 valence electrons. The van der Waals surface area contributed by atoms with Crippen molar-refractivity contribution >= 4 is 48.4 Å². The Morgan fingerprint density at radius 2 is 1.60 bits per heavy atom. The summed E-state index contributed by atoms with van der Waals surface area (Å²) in [5.41, 5.74) is 0. The maximum atomic E-state index is 8.36. The van der Waals surface area contributed by atoms with E-state index >= 15 is 0 Å². The van der Waals surface area contributed by atoms with Crippen LogP contribution in [0.3, 0.4) is 0 Å². The van der Waals surface area contributed by atoms with Crippen LogP contribution in [-0.4, -0.2) is 41.1 Å². The van der Waals surface area contributed by atoms with Crippen molar-refractivity contribution in [3.63, 3.8) is 0 Å². The van der Waals surface area contributed by atoms with E-state index in [1.165, 1.54) is 0 Å². The molecule has 0 fully saturated rings. The molecule has 0 radical (unpaired) electrons. The van der Waals surface area contributed by atoms with E-state index < -0.39 is 0 Å². The maximum absolute atomic E-state index is 8.36. The van der Waals surface area contributed by atoms with E-state index in [0.717, 1.165) is 0 Å². The zero-order valence-electron chi connectivity index (χ0n) is 1.84. The van der Waals surface area contributed by atoms with Gasteiger partial charge in [-0.05, 0) is 0 Å². The molecule has 4 heteroatoms. The predicted molar refractivity (Wildman–Crippen MR) is 23.1 cm³/mol. The Kier molecular flexibility index (Phi) is 74.4. The van der Waals surface area contributed by atoms with Gasteiger partial charge in [0.1, 0.15) is 0 Å². The molecule has 0 unspecified atom stereocenters. The van der Waals surface area contributed by atoms with Gasteiger partial charge in [-0.3, -0.25) is 4.79 Å². The number of halogens is 1. The summed E-state index contributed by atoms with van der Waals surface area (Å²) in [6, 6.07) is 0. The fourth-order valence-corrected chi connectivity index (χ4v) is 0. The van der Waals surface area contributed by atoms with Crippen LogP contribution < -0.4 is 0 Å². The zero-order chi connectivity index (χ0) is 2.71. The number of carboxylic acid groups (broad SMARTS) is 1. The summed E-state index contributed by atoms with van der Waals surface area (Å²) in [5, 5.41) is 6.89. The second-order valence-electron chi connectivity index (χ2n) is 0.105. The van der Waals surface area contributed by atoms with Crippen LogP contribution in [0, 0.1) is 0 Å². The van der Waals surface area contributed by atoms with Crippen molar-refractivity contribution in [1.29, 1.82) is 0 Å². The molecule has 0 atom stereocenters. The van der Waals surface area contributed by atoms with Crippen molar-refractivity contribution in [2.75, 3.05) is 0 Å². The van der Waals surface area contributed by atoms with Crippen molar-refractivity contribution in [1.82, 2.24) is 0 Å². The molecule has 0 aliphatic carbocycles. The Balaban J connectivity index is -0.0000000200. The van der Waals surface area contributed by atoms with E-state index in [1.807, 2.05) is 0 Å². The van der Waals surface area contributed by atoms with Gasteiger partial charge in [0, 0.05) is 0 Å². The average Bonchev–Trinajstić information content (AvgIpc) is 0.918. The molecule has 0 bridgehead atoms. The number of hydrogen-bond acceptors (Lipinski definition) is 1. The molecule has 0 saturated heterocycles. The van der Waals surface area contributed by atoms with E-state index in [4.69, 9.17) is 9.90 Å². The van der Waals surface area contributed by atoms with Crippen molar-refractivity contribution in [3.05, 3.63) is 0 Å². The Hall–Kier alpha value is 0.760. The third kappa shape index (κ3) is 62.8. The van der Waals surface area contributed by atoms with Crippen LogP contribution in [-0.2, 0) is 4.79 Å². The molecule has 0 aliphatic heterocycles. The van der Waals surface area contributed by atoms with Gasteiger partial charge < -0.3 is 5.11 Å². The zero-order valence-corrected chi connectivity index (χ0v) is 2.66. The molecule has 0 aromatic rings. The van der Waals surface area contributed by atoms with Crippen LogP contribution >= 0.6 is 12.4 Å². The molecule has 0 aromatic heterocycles. The second kappa shape index (κ2) is 21.7. The van der Waals surface area contributed by atoms with E-state index in [9.17, 15) is 0 Å². The molecule has 0 rings (SSSR count). The molecule has 0 saturated carbocycles.